The van der Waals surface area contributed by atoms with Gasteiger partial charge in [0.25, 0.3) is 0 Å². The Labute approximate surface area is 145 Å². The van der Waals surface area contributed by atoms with E-state index in [4.69, 9.17) is 0 Å². The molecule has 4 rings (SSSR count). The first-order chi connectivity index (χ1) is 12.2. The molecule has 0 radical (unpaired) electrons. The lowest BCUT2D eigenvalue weighted by molar-refractivity contribution is -0.120. The molecule has 0 spiro atoms. The third-order valence-electron chi connectivity index (χ3n) is 4.64. The van der Waals surface area contributed by atoms with Crippen LogP contribution >= 0.6 is 0 Å². The van der Waals surface area contributed by atoms with Crippen molar-refractivity contribution in [3.8, 4) is 11.4 Å². The number of hydrogen-bond acceptors (Lipinski definition) is 4. The maximum atomic E-state index is 12.8. The number of carbonyl (C=O) groups excluding carboxylic acids is 1. The average molecular weight is 336 g/mol. The monoisotopic (exact) mass is 336 g/mol. The molecule has 7 heteroatoms. The molecule has 7 nitrogen and oxygen atoms in total. The minimum absolute atomic E-state index is 0.0335. The topological polar surface area (TPSA) is 88.5 Å². The molecule has 1 aromatic carbocycles. The van der Waals surface area contributed by atoms with Gasteiger partial charge >= 0.3 is 0 Å². The van der Waals surface area contributed by atoms with Gasteiger partial charge in [0.1, 0.15) is 5.82 Å². The molecule has 128 valence electrons. The zero-order valence-electron chi connectivity index (χ0n) is 14.1. The summed E-state index contributed by atoms with van der Waals surface area (Å²) in [5.41, 5.74) is 2.68. The molecule has 0 fully saturated rings. The first kappa shape index (κ1) is 15.6. The van der Waals surface area contributed by atoms with Crippen molar-refractivity contribution in [3.63, 3.8) is 0 Å². The summed E-state index contributed by atoms with van der Waals surface area (Å²) in [6.07, 6.45) is 5.99. The van der Waals surface area contributed by atoms with Crippen LogP contribution in [-0.2, 0) is 24.2 Å². The quantitative estimate of drug-likeness (QED) is 0.766. The summed E-state index contributed by atoms with van der Waals surface area (Å²) >= 11 is 0. The van der Waals surface area contributed by atoms with Crippen molar-refractivity contribution in [1.29, 1.82) is 0 Å². The first-order valence-electron chi connectivity index (χ1n) is 8.55. The van der Waals surface area contributed by atoms with Gasteiger partial charge in [0, 0.05) is 42.8 Å². The molecular formula is C18H20N6O. The van der Waals surface area contributed by atoms with Crippen LogP contribution < -0.4 is 5.32 Å². The van der Waals surface area contributed by atoms with Gasteiger partial charge in [0.05, 0.1) is 12.0 Å². The number of aromatic amines is 1. The van der Waals surface area contributed by atoms with E-state index >= 15 is 0 Å². The number of H-pyrrole nitrogens is 1. The number of nitrogens with one attached hydrogen (secondary N) is 2. The number of para-hydroxylation sites is 1. The summed E-state index contributed by atoms with van der Waals surface area (Å²) in [4.78, 5) is 21.4. The zero-order chi connectivity index (χ0) is 17.2. The van der Waals surface area contributed by atoms with Crippen LogP contribution in [0.25, 0.3) is 11.4 Å². The fraction of sp³-hybridized carbons (Fsp3) is 0.333. The van der Waals surface area contributed by atoms with E-state index in [-0.39, 0.29) is 11.8 Å². The van der Waals surface area contributed by atoms with E-state index in [0.29, 0.717) is 12.2 Å². The van der Waals surface area contributed by atoms with Crippen LogP contribution in [0, 0.1) is 5.92 Å². The lowest BCUT2D eigenvalue weighted by atomic mass is 9.95. The summed E-state index contributed by atoms with van der Waals surface area (Å²) in [7, 11) is 0. The van der Waals surface area contributed by atoms with Crippen LogP contribution in [0.3, 0.4) is 0 Å². The Balaban J connectivity index is 1.54. The average Bonchev–Trinajstić information content (AvgIpc) is 3.30. The summed E-state index contributed by atoms with van der Waals surface area (Å²) in [5, 5.41) is 10.3. The Morgan fingerprint density at radius 1 is 1.40 bits per heavy atom. The summed E-state index contributed by atoms with van der Waals surface area (Å²) in [6, 6.07) is 7.64. The third kappa shape index (κ3) is 3.05. The van der Waals surface area contributed by atoms with E-state index in [0.717, 1.165) is 42.2 Å². The maximum absolute atomic E-state index is 12.8. The van der Waals surface area contributed by atoms with E-state index in [1.807, 2.05) is 43.7 Å². The van der Waals surface area contributed by atoms with Crippen LogP contribution in [0.2, 0.25) is 0 Å². The second-order valence-corrected chi connectivity index (χ2v) is 6.26. The fourth-order valence-corrected chi connectivity index (χ4v) is 3.19. The molecular weight excluding hydrogens is 316 g/mol. The number of imidazole rings is 1. The smallest absolute Gasteiger partial charge is 0.227 e. The molecule has 0 bridgehead atoms. The molecule has 1 aliphatic heterocycles. The Morgan fingerprint density at radius 3 is 3.12 bits per heavy atom. The number of fused-ring (bicyclic) bond motifs is 1. The minimum Gasteiger partial charge on any atom is -0.335 e. The fourth-order valence-electron chi connectivity index (χ4n) is 3.19. The van der Waals surface area contributed by atoms with Crippen LogP contribution in [-0.4, -0.2) is 30.6 Å². The highest BCUT2D eigenvalue weighted by molar-refractivity contribution is 5.96. The molecule has 0 saturated carbocycles. The van der Waals surface area contributed by atoms with Crippen molar-refractivity contribution in [2.45, 2.75) is 32.7 Å². The number of rotatable bonds is 4. The van der Waals surface area contributed by atoms with Crippen molar-refractivity contribution >= 4 is 11.6 Å². The zero-order valence-corrected chi connectivity index (χ0v) is 14.1. The Hall–Kier alpha value is -2.96. The van der Waals surface area contributed by atoms with Gasteiger partial charge in [0.2, 0.25) is 5.91 Å². The molecule has 0 saturated heterocycles. The summed E-state index contributed by atoms with van der Waals surface area (Å²) in [5.74, 6) is 1.42. The van der Waals surface area contributed by atoms with Crippen molar-refractivity contribution < 1.29 is 4.79 Å². The normalized spacial score (nSPS) is 16.4. The lowest BCUT2D eigenvalue weighted by Crippen LogP contribution is -2.30. The predicted molar refractivity (Wildman–Crippen MR) is 93.9 cm³/mol. The van der Waals surface area contributed by atoms with Crippen LogP contribution in [0.4, 0.5) is 5.69 Å². The standard InChI is InChI=1S/C18H20N6O/c1-2-16-21-17(23-22-16)14-5-3-4-6-15(14)20-18(25)12-7-8-24-11-19-10-13(24)9-12/h3-6,10-12H,2,7-9H2,1H3,(H,20,25)(H,21,22,23). The number of anilines is 1. The number of aromatic nitrogens is 5. The Kier molecular flexibility index (Phi) is 4.05. The van der Waals surface area contributed by atoms with Gasteiger partial charge in [-0.1, -0.05) is 19.1 Å². The van der Waals surface area contributed by atoms with Crippen molar-refractivity contribution in [2.24, 2.45) is 5.92 Å². The number of benzene rings is 1. The molecule has 1 amide bonds. The molecule has 25 heavy (non-hydrogen) atoms. The predicted octanol–water partition coefficient (Wildman–Crippen LogP) is 2.43. The lowest BCUT2D eigenvalue weighted by Gasteiger charge is -2.23. The van der Waals surface area contributed by atoms with Crippen molar-refractivity contribution in [2.75, 3.05) is 5.32 Å². The van der Waals surface area contributed by atoms with Crippen LogP contribution in [0.15, 0.2) is 36.8 Å². The van der Waals surface area contributed by atoms with E-state index in [1.54, 1.807) is 0 Å². The summed E-state index contributed by atoms with van der Waals surface area (Å²) < 4.78 is 2.11. The molecule has 3 heterocycles. The highest BCUT2D eigenvalue weighted by atomic mass is 16.1. The van der Waals surface area contributed by atoms with Crippen LogP contribution in [0.5, 0.6) is 0 Å². The van der Waals surface area contributed by atoms with Gasteiger partial charge in [-0.3, -0.25) is 9.89 Å². The third-order valence-corrected chi connectivity index (χ3v) is 4.64. The SMILES string of the molecule is CCc1nc(-c2ccccc2NC(=O)C2CCn3cncc3C2)n[nH]1. The molecule has 1 unspecified atom stereocenters. The highest BCUT2D eigenvalue weighted by Gasteiger charge is 2.25. The second kappa shape index (κ2) is 6.51. The van der Waals surface area contributed by atoms with E-state index < -0.39 is 0 Å². The van der Waals surface area contributed by atoms with Gasteiger partial charge in [-0.25, -0.2) is 9.97 Å². The largest absolute Gasteiger partial charge is 0.335 e. The van der Waals surface area contributed by atoms with E-state index in [1.165, 1.54) is 0 Å². The number of carbonyl (C=O) groups is 1. The number of nitrogens with zero attached hydrogens (tertiary/aromatic N) is 4. The van der Waals surface area contributed by atoms with Gasteiger partial charge in [-0.2, -0.15) is 5.10 Å². The number of amides is 1. The number of hydrogen-bond donors (Lipinski definition) is 2. The van der Waals surface area contributed by atoms with Crippen molar-refractivity contribution in [3.05, 3.63) is 48.3 Å². The van der Waals surface area contributed by atoms with E-state index in [2.05, 4.69) is 30.0 Å². The van der Waals surface area contributed by atoms with Crippen LogP contribution in [0.1, 0.15) is 24.9 Å². The van der Waals surface area contributed by atoms with Crippen molar-refractivity contribution in [1.82, 2.24) is 24.7 Å². The molecule has 2 aromatic heterocycles. The molecule has 0 aliphatic carbocycles. The Bertz CT molecular complexity index is 896. The van der Waals surface area contributed by atoms with Gasteiger partial charge in [0.15, 0.2) is 5.82 Å². The molecule has 2 N–H and O–H groups in total. The van der Waals surface area contributed by atoms with E-state index in [9.17, 15) is 4.79 Å². The van der Waals surface area contributed by atoms with Gasteiger partial charge < -0.3 is 9.88 Å². The summed E-state index contributed by atoms with van der Waals surface area (Å²) in [6.45, 7) is 2.85. The molecule has 3 aromatic rings. The maximum Gasteiger partial charge on any atom is 0.227 e. The number of aryl methyl sites for hydroxylation is 2. The second-order valence-electron chi connectivity index (χ2n) is 6.26. The highest BCUT2D eigenvalue weighted by Crippen LogP contribution is 2.27. The van der Waals surface area contributed by atoms with Gasteiger partial charge in [-0.05, 0) is 18.6 Å². The minimum atomic E-state index is -0.0457. The molecule has 1 atom stereocenters. The molecule has 1 aliphatic rings. The van der Waals surface area contributed by atoms with Gasteiger partial charge in [-0.15, -0.1) is 0 Å². The first-order valence-corrected chi connectivity index (χ1v) is 8.55. The Morgan fingerprint density at radius 2 is 2.28 bits per heavy atom.